The first kappa shape index (κ1) is 15.5. The molecule has 2 aromatic rings. The molecule has 1 spiro atoms. The van der Waals surface area contributed by atoms with Crippen molar-refractivity contribution in [2.75, 3.05) is 19.7 Å². The second-order valence-electron chi connectivity index (χ2n) is 6.78. The van der Waals surface area contributed by atoms with Gasteiger partial charge in [0.15, 0.2) is 0 Å². The van der Waals surface area contributed by atoms with Crippen LogP contribution < -0.4 is 4.74 Å². The van der Waals surface area contributed by atoms with Crippen LogP contribution in [0.1, 0.15) is 24.8 Å². The van der Waals surface area contributed by atoms with E-state index in [1.54, 1.807) is 6.20 Å². The third-order valence-electron chi connectivity index (χ3n) is 4.85. The number of piperidine rings is 1. The second kappa shape index (κ2) is 6.87. The molecule has 24 heavy (non-hydrogen) atoms. The number of aromatic nitrogens is 2. The molecule has 5 heteroatoms. The molecule has 0 bridgehead atoms. The molecule has 2 aromatic heterocycles. The third kappa shape index (κ3) is 3.57. The maximum absolute atomic E-state index is 6.22. The number of hydrogen-bond donors (Lipinski definition) is 0. The molecule has 2 saturated heterocycles. The number of pyridine rings is 2. The van der Waals surface area contributed by atoms with E-state index in [1.165, 1.54) is 5.56 Å². The zero-order valence-corrected chi connectivity index (χ0v) is 13.8. The van der Waals surface area contributed by atoms with E-state index < -0.39 is 0 Å². The highest BCUT2D eigenvalue weighted by atomic mass is 16.6. The Hall–Kier alpha value is -1.98. The van der Waals surface area contributed by atoms with Crippen molar-refractivity contribution in [3.63, 3.8) is 0 Å². The fourth-order valence-electron chi connectivity index (χ4n) is 3.83. The van der Waals surface area contributed by atoms with Crippen molar-refractivity contribution in [2.45, 2.75) is 37.5 Å². The van der Waals surface area contributed by atoms with Crippen LogP contribution in [-0.2, 0) is 11.3 Å². The Kier molecular flexibility index (Phi) is 4.45. The van der Waals surface area contributed by atoms with E-state index in [4.69, 9.17) is 9.47 Å². The standard InChI is InChI=1S/C19H23N3O2/c1-2-9-21-18(6-1)24-17-11-19(23-14-17)7-4-10-22(15-19)13-16-5-3-8-20-12-16/h1-3,5-6,8-9,12,17H,4,7,10-11,13-15H2/t17-,19-/m0/s1. The van der Waals surface area contributed by atoms with Gasteiger partial charge in [-0.1, -0.05) is 12.1 Å². The van der Waals surface area contributed by atoms with E-state index in [0.717, 1.165) is 38.9 Å². The Bertz CT molecular complexity index is 652. The average Bonchev–Trinajstić information content (AvgIpc) is 2.98. The normalized spacial score (nSPS) is 27.4. The van der Waals surface area contributed by atoms with E-state index in [1.807, 2.05) is 36.7 Å². The van der Waals surface area contributed by atoms with Crippen molar-refractivity contribution in [1.29, 1.82) is 0 Å². The molecular weight excluding hydrogens is 302 g/mol. The van der Waals surface area contributed by atoms with E-state index in [2.05, 4.69) is 20.9 Å². The molecule has 4 rings (SSSR count). The van der Waals surface area contributed by atoms with Crippen LogP contribution in [0.25, 0.3) is 0 Å². The molecule has 0 amide bonds. The van der Waals surface area contributed by atoms with Crippen LogP contribution in [0.3, 0.4) is 0 Å². The lowest BCUT2D eigenvalue weighted by atomic mass is 9.89. The van der Waals surface area contributed by atoms with Crippen LogP contribution >= 0.6 is 0 Å². The van der Waals surface area contributed by atoms with Crippen molar-refractivity contribution in [3.05, 3.63) is 54.5 Å². The molecule has 2 fully saturated rings. The number of likely N-dealkylation sites (tertiary alicyclic amines) is 1. The number of nitrogens with zero attached hydrogens (tertiary/aromatic N) is 3. The number of rotatable bonds is 4. The third-order valence-corrected chi connectivity index (χ3v) is 4.85. The van der Waals surface area contributed by atoms with Gasteiger partial charge in [-0.25, -0.2) is 4.98 Å². The summed E-state index contributed by atoms with van der Waals surface area (Å²) in [6.07, 6.45) is 8.84. The highest BCUT2D eigenvalue weighted by Crippen LogP contribution is 2.36. The van der Waals surface area contributed by atoms with Gasteiger partial charge in [0.05, 0.1) is 12.2 Å². The van der Waals surface area contributed by atoms with Gasteiger partial charge in [0.2, 0.25) is 5.88 Å². The van der Waals surface area contributed by atoms with Gasteiger partial charge >= 0.3 is 0 Å². The first-order chi connectivity index (χ1) is 11.8. The Labute approximate surface area is 142 Å². The van der Waals surface area contributed by atoms with E-state index in [-0.39, 0.29) is 11.7 Å². The van der Waals surface area contributed by atoms with Crippen LogP contribution in [0.2, 0.25) is 0 Å². The van der Waals surface area contributed by atoms with E-state index in [9.17, 15) is 0 Å². The Morgan fingerprint density at radius 3 is 3.08 bits per heavy atom. The first-order valence-electron chi connectivity index (χ1n) is 8.64. The maximum Gasteiger partial charge on any atom is 0.213 e. The SMILES string of the molecule is c1ccc(O[C@@H]2CO[C@@]3(CCCN(Cc4cccnc4)C3)C2)nc1. The van der Waals surface area contributed by atoms with Gasteiger partial charge in [-0.15, -0.1) is 0 Å². The topological polar surface area (TPSA) is 47.5 Å². The maximum atomic E-state index is 6.22. The highest BCUT2D eigenvalue weighted by molar-refractivity contribution is 5.11. The minimum absolute atomic E-state index is 0.0695. The Balaban J connectivity index is 1.37. The number of hydrogen-bond acceptors (Lipinski definition) is 5. The zero-order chi connectivity index (χ0) is 16.2. The molecule has 5 nitrogen and oxygen atoms in total. The molecule has 0 radical (unpaired) electrons. The molecule has 4 heterocycles. The molecule has 2 aliphatic rings. The summed E-state index contributed by atoms with van der Waals surface area (Å²) >= 11 is 0. The van der Waals surface area contributed by atoms with E-state index >= 15 is 0 Å². The average molecular weight is 325 g/mol. The molecular formula is C19H23N3O2. The fourth-order valence-corrected chi connectivity index (χ4v) is 3.83. The minimum Gasteiger partial charge on any atom is -0.472 e. The van der Waals surface area contributed by atoms with Gasteiger partial charge in [0.25, 0.3) is 0 Å². The molecule has 2 aliphatic heterocycles. The van der Waals surface area contributed by atoms with Crippen LogP contribution in [-0.4, -0.2) is 46.3 Å². The van der Waals surface area contributed by atoms with Gasteiger partial charge in [-0.2, -0.15) is 0 Å². The summed E-state index contributed by atoms with van der Waals surface area (Å²) in [7, 11) is 0. The molecule has 126 valence electrons. The summed E-state index contributed by atoms with van der Waals surface area (Å²) in [6, 6.07) is 9.89. The van der Waals surface area contributed by atoms with Crippen LogP contribution in [0.5, 0.6) is 5.88 Å². The fraction of sp³-hybridized carbons (Fsp3) is 0.474. The van der Waals surface area contributed by atoms with Crippen LogP contribution in [0.15, 0.2) is 48.9 Å². The predicted molar refractivity (Wildman–Crippen MR) is 90.7 cm³/mol. The Morgan fingerprint density at radius 1 is 1.25 bits per heavy atom. The lowest BCUT2D eigenvalue weighted by molar-refractivity contribution is -0.0538. The van der Waals surface area contributed by atoms with Crippen LogP contribution in [0.4, 0.5) is 0 Å². The predicted octanol–water partition coefficient (Wildman–Crippen LogP) is 2.68. The zero-order valence-electron chi connectivity index (χ0n) is 13.8. The van der Waals surface area contributed by atoms with Gasteiger partial charge in [0, 0.05) is 44.2 Å². The lowest BCUT2D eigenvalue weighted by Crippen LogP contribution is -2.47. The van der Waals surface area contributed by atoms with Crippen molar-refractivity contribution in [3.8, 4) is 5.88 Å². The van der Waals surface area contributed by atoms with E-state index in [0.29, 0.717) is 12.5 Å². The molecule has 0 aliphatic carbocycles. The van der Waals surface area contributed by atoms with Crippen molar-refractivity contribution in [2.24, 2.45) is 0 Å². The molecule has 0 N–H and O–H groups in total. The molecule has 2 atom stereocenters. The number of ether oxygens (including phenoxy) is 2. The summed E-state index contributed by atoms with van der Waals surface area (Å²) in [6.45, 7) is 3.66. The van der Waals surface area contributed by atoms with Gasteiger partial charge in [-0.05, 0) is 37.1 Å². The molecule has 0 aromatic carbocycles. The van der Waals surface area contributed by atoms with Crippen molar-refractivity contribution >= 4 is 0 Å². The summed E-state index contributed by atoms with van der Waals surface area (Å²) in [5.74, 6) is 0.686. The second-order valence-corrected chi connectivity index (χ2v) is 6.78. The monoisotopic (exact) mass is 325 g/mol. The van der Waals surface area contributed by atoms with Gasteiger partial charge in [0.1, 0.15) is 6.10 Å². The van der Waals surface area contributed by atoms with Crippen molar-refractivity contribution in [1.82, 2.24) is 14.9 Å². The summed E-state index contributed by atoms with van der Waals surface area (Å²) < 4.78 is 12.2. The quantitative estimate of drug-likeness (QED) is 0.865. The lowest BCUT2D eigenvalue weighted by Gasteiger charge is -2.39. The van der Waals surface area contributed by atoms with Crippen molar-refractivity contribution < 1.29 is 9.47 Å². The highest BCUT2D eigenvalue weighted by Gasteiger charge is 2.44. The largest absolute Gasteiger partial charge is 0.472 e. The molecule has 0 saturated carbocycles. The molecule has 0 unspecified atom stereocenters. The minimum atomic E-state index is -0.0695. The van der Waals surface area contributed by atoms with Gasteiger partial charge < -0.3 is 9.47 Å². The van der Waals surface area contributed by atoms with Gasteiger partial charge in [-0.3, -0.25) is 9.88 Å². The first-order valence-corrected chi connectivity index (χ1v) is 8.64. The summed E-state index contributed by atoms with van der Waals surface area (Å²) in [4.78, 5) is 10.9. The Morgan fingerprint density at radius 2 is 2.25 bits per heavy atom. The summed E-state index contributed by atoms with van der Waals surface area (Å²) in [5, 5.41) is 0. The van der Waals surface area contributed by atoms with Crippen LogP contribution in [0, 0.1) is 0 Å². The summed E-state index contributed by atoms with van der Waals surface area (Å²) in [5.41, 5.74) is 1.19. The smallest absolute Gasteiger partial charge is 0.213 e.